The Bertz CT molecular complexity index is 1310. The van der Waals surface area contributed by atoms with E-state index in [9.17, 15) is 22.8 Å². The van der Waals surface area contributed by atoms with Crippen molar-refractivity contribution in [3.05, 3.63) is 70.7 Å². The lowest BCUT2D eigenvalue weighted by Crippen LogP contribution is -2.42. The van der Waals surface area contributed by atoms with Gasteiger partial charge in [0.25, 0.3) is 11.8 Å². The third-order valence-corrected chi connectivity index (χ3v) is 6.63. The van der Waals surface area contributed by atoms with E-state index >= 15 is 0 Å². The van der Waals surface area contributed by atoms with Gasteiger partial charge in [0.2, 0.25) is 0 Å². The van der Waals surface area contributed by atoms with Gasteiger partial charge in [0.15, 0.2) is 12.4 Å². The fourth-order valence-electron chi connectivity index (χ4n) is 4.11. The molecule has 1 unspecified atom stereocenters. The summed E-state index contributed by atoms with van der Waals surface area (Å²) in [5.41, 5.74) is 2.47. The molecule has 0 aliphatic carbocycles. The Kier molecular flexibility index (Phi) is 9.12. The van der Waals surface area contributed by atoms with Crippen LogP contribution >= 0.6 is 11.9 Å². The van der Waals surface area contributed by atoms with E-state index in [1.807, 2.05) is 13.0 Å². The molecule has 39 heavy (non-hydrogen) atoms. The quantitative estimate of drug-likeness (QED) is 0.270. The summed E-state index contributed by atoms with van der Waals surface area (Å²) in [5.74, 6) is 0.161. The van der Waals surface area contributed by atoms with Gasteiger partial charge in [0.05, 0.1) is 17.9 Å². The number of nitrogens with one attached hydrogen (secondary N) is 2. The highest BCUT2D eigenvalue weighted by molar-refractivity contribution is 7.97. The summed E-state index contributed by atoms with van der Waals surface area (Å²) >= 11 is 1.16. The average molecular weight is 564 g/mol. The number of ether oxygens (including phenoxy) is 2. The number of carbonyl (C=O) groups excluding carboxylic acids is 2. The molecule has 3 heterocycles. The first-order chi connectivity index (χ1) is 18.6. The maximum Gasteiger partial charge on any atom is 0.422 e. The van der Waals surface area contributed by atoms with E-state index in [4.69, 9.17) is 9.47 Å². The molecule has 1 aliphatic heterocycles. The Labute approximate surface area is 227 Å². The Morgan fingerprint density at radius 1 is 1.28 bits per heavy atom. The number of amides is 2. The second-order valence-electron chi connectivity index (χ2n) is 9.01. The van der Waals surface area contributed by atoms with Gasteiger partial charge < -0.3 is 14.8 Å². The molecule has 0 fully saturated rings. The van der Waals surface area contributed by atoms with Gasteiger partial charge in [-0.1, -0.05) is 18.2 Å². The molecule has 1 aromatic carbocycles. The topological polar surface area (TPSA) is 107 Å². The number of carbonyl (C=O) groups is 2. The summed E-state index contributed by atoms with van der Waals surface area (Å²) in [7, 11) is 1.57. The first-order valence-electron chi connectivity index (χ1n) is 12.2. The molecule has 0 spiro atoms. The number of halogens is 3. The second-order valence-corrected chi connectivity index (χ2v) is 9.91. The molecule has 9 nitrogen and oxygen atoms in total. The number of rotatable bonds is 11. The van der Waals surface area contributed by atoms with E-state index in [1.165, 1.54) is 10.7 Å². The standard InChI is InChI=1S/C26H28F3N5O4S/c1-16-6-9-21(30-14-16)34-23(25(36)33-39-11-10-37-2)22-20(32-34)13-18(31-24(22)35)8-7-17-4-3-5-19(12-17)38-15-26(27,28)29/h3-6,9,12,14,18H,7-8,10-11,13,15H2,1-2H3,(H,31,35)(H,33,36). The van der Waals surface area contributed by atoms with Crippen LogP contribution in [0.25, 0.3) is 5.82 Å². The van der Waals surface area contributed by atoms with Crippen molar-refractivity contribution in [3.63, 3.8) is 0 Å². The van der Waals surface area contributed by atoms with E-state index in [0.717, 1.165) is 23.1 Å². The van der Waals surface area contributed by atoms with Crippen LogP contribution < -0.4 is 14.8 Å². The number of alkyl halides is 3. The number of aryl methyl sites for hydroxylation is 2. The maximum absolute atomic E-state index is 13.2. The maximum atomic E-state index is 13.2. The van der Waals surface area contributed by atoms with Gasteiger partial charge in [0.1, 0.15) is 11.4 Å². The van der Waals surface area contributed by atoms with Crippen molar-refractivity contribution >= 4 is 23.8 Å². The van der Waals surface area contributed by atoms with Gasteiger partial charge >= 0.3 is 6.18 Å². The van der Waals surface area contributed by atoms with Crippen LogP contribution in [0.2, 0.25) is 0 Å². The molecule has 2 amide bonds. The SMILES string of the molecule is COCCSNC(=O)c1c2c(nn1-c1ccc(C)cn1)CC(CCc1cccc(OCC(F)(F)F)c1)NC2=O. The van der Waals surface area contributed by atoms with Crippen molar-refractivity contribution in [2.75, 3.05) is 26.1 Å². The fourth-order valence-corrected chi connectivity index (χ4v) is 4.69. The average Bonchev–Trinajstić information content (AvgIpc) is 3.29. The summed E-state index contributed by atoms with van der Waals surface area (Å²) < 4.78 is 51.4. The zero-order valence-electron chi connectivity index (χ0n) is 21.4. The third kappa shape index (κ3) is 7.51. The number of methoxy groups -OCH3 is 1. The number of hydrogen-bond acceptors (Lipinski definition) is 7. The Morgan fingerprint density at radius 2 is 2.10 bits per heavy atom. The van der Waals surface area contributed by atoms with Gasteiger partial charge in [0, 0.05) is 31.5 Å². The summed E-state index contributed by atoms with van der Waals surface area (Å²) in [4.78, 5) is 30.8. The number of aromatic nitrogens is 3. The van der Waals surface area contributed by atoms with Crippen LogP contribution in [0.15, 0.2) is 42.6 Å². The van der Waals surface area contributed by atoms with Crippen LogP contribution in [0.1, 0.15) is 44.1 Å². The Balaban J connectivity index is 1.52. The molecule has 3 aromatic rings. The van der Waals surface area contributed by atoms with Gasteiger partial charge in [-0.15, -0.1) is 0 Å². The first-order valence-corrected chi connectivity index (χ1v) is 13.2. The molecule has 13 heteroatoms. The summed E-state index contributed by atoms with van der Waals surface area (Å²) in [6.45, 7) is 0.972. The molecule has 2 aromatic heterocycles. The third-order valence-electron chi connectivity index (χ3n) is 5.92. The first kappa shape index (κ1) is 28.4. The predicted octanol–water partition coefficient (Wildman–Crippen LogP) is 3.83. The predicted molar refractivity (Wildman–Crippen MR) is 139 cm³/mol. The van der Waals surface area contributed by atoms with E-state index < -0.39 is 24.6 Å². The molecule has 0 saturated carbocycles. The molecule has 0 bridgehead atoms. The normalized spacial score (nSPS) is 15.0. The van der Waals surface area contributed by atoms with E-state index in [1.54, 1.807) is 37.6 Å². The molecule has 2 N–H and O–H groups in total. The summed E-state index contributed by atoms with van der Waals surface area (Å²) in [5, 5.41) is 7.55. The monoisotopic (exact) mass is 563 g/mol. The van der Waals surface area contributed by atoms with Crippen LogP contribution in [0, 0.1) is 6.92 Å². The number of hydrogen-bond donors (Lipinski definition) is 2. The molecular weight excluding hydrogens is 535 g/mol. The molecule has 0 radical (unpaired) electrons. The molecule has 4 rings (SSSR count). The molecule has 208 valence electrons. The lowest BCUT2D eigenvalue weighted by Gasteiger charge is -2.23. The highest BCUT2D eigenvalue weighted by Crippen LogP contribution is 2.26. The lowest BCUT2D eigenvalue weighted by atomic mass is 9.95. The fraction of sp³-hybridized carbons (Fsp3) is 0.385. The van der Waals surface area contributed by atoms with Crippen LogP contribution in [-0.2, 0) is 17.6 Å². The van der Waals surface area contributed by atoms with Crippen LogP contribution in [0.3, 0.4) is 0 Å². The van der Waals surface area contributed by atoms with Crippen LogP contribution in [0.4, 0.5) is 13.2 Å². The second kappa shape index (κ2) is 12.5. The number of pyridine rings is 1. The number of benzene rings is 1. The molecule has 0 saturated heterocycles. The van der Waals surface area contributed by atoms with Crippen molar-refractivity contribution in [2.24, 2.45) is 0 Å². The minimum absolute atomic E-state index is 0.0942. The number of fused-ring (bicyclic) bond motifs is 1. The number of nitrogens with zero attached hydrogens (tertiary/aromatic N) is 3. The zero-order valence-corrected chi connectivity index (χ0v) is 22.2. The minimum Gasteiger partial charge on any atom is -0.484 e. The summed E-state index contributed by atoms with van der Waals surface area (Å²) in [6.07, 6.45) is -1.39. The minimum atomic E-state index is -4.42. The van der Waals surface area contributed by atoms with Crippen molar-refractivity contribution < 1.29 is 32.2 Å². The van der Waals surface area contributed by atoms with Gasteiger partial charge in [-0.3, -0.25) is 14.3 Å². The molecule has 1 atom stereocenters. The van der Waals surface area contributed by atoms with Crippen LogP contribution in [-0.4, -0.2) is 64.9 Å². The van der Waals surface area contributed by atoms with Gasteiger partial charge in [-0.2, -0.15) is 18.3 Å². The lowest BCUT2D eigenvalue weighted by molar-refractivity contribution is -0.153. The largest absolute Gasteiger partial charge is 0.484 e. The molecule has 1 aliphatic rings. The van der Waals surface area contributed by atoms with Crippen LogP contribution in [0.5, 0.6) is 5.75 Å². The Morgan fingerprint density at radius 3 is 2.82 bits per heavy atom. The summed E-state index contributed by atoms with van der Waals surface area (Å²) in [6, 6.07) is 9.73. The Hall–Kier alpha value is -3.58. The van der Waals surface area contributed by atoms with Crippen molar-refractivity contribution in [2.45, 2.75) is 38.4 Å². The van der Waals surface area contributed by atoms with Gasteiger partial charge in [-0.05, 0) is 61.0 Å². The van der Waals surface area contributed by atoms with Crippen molar-refractivity contribution in [1.29, 1.82) is 0 Å². The van der Waals surface area contributed by atoms with Crippen molar-refractivity contribution in [1.82, 2.24) is 24.8 Å². The van der Waals surface area contributed by atoms with E-state index in [-0.39, 0.29) is 23.0 Å². The van der Waals surface area contributed by atoms with Crippen molar-refractivity contribution in [3.8, 4) is 11.6 Å². The van der Waals surface area contributed by atoms with Gasteiger partial charge in [-0.25, -0.2) is 9.67 Å². The zero-order chi connectivity index (χ0) is 28.0. The van der Waals surface area contributed by atoms with E-state index in [2.05, 4.69) is 20.1 Å². The smallest absolute Gasteiger partial charge is 0.422 e. The highest BCUT2D eigenvalue weighted by atomic mass is 32.2. The molecular formula is C26H28F3N5O4S. The van der Waals surface area contributed by atoms with E-state index in [0.29, 0.717) is 43.1 Å². The highest BCUT2D eigenvalue weighted by Gasteiger charge is 2.35.